The molecular formula is C27H44N4O5S. The molecule has 3 aliphatic heterocycles. The number of nitrogens with zero attached hydrogens (tertiary/aromatic N) is 4. The molecular weight excluding hydrogens is 492 g/mol. The summed E-state index contributed by atoms with van der Waals surface area (Å²) in [6.45, 7) is 10.2. The molecule has 3 saturated heterocycles. The third-order valence-corrected chi connectivity index (χ3v) is 10.6. The molecule has 0 radical (unpaired) electrons. The zero-order valence-corrected chi connectivity index (χ0v) is 23.9. The van der Waals surface area contributed by atoms with Gasteiger partial charge in [-0.2, -0.15) is 4.31 Å². The Hall–Kier alpha value is -1.72. The fourth-order valence-corrected chi connectivity index (χ4v) is 7.82. The van der Waals surface area contributed by atoms with Crippen LogP contribution in [-0.2, 0) is 19.6 Å². The van der Waals surface area contributed by atoms with Gasteiger partial charge in [-0.3, -0.25) is 4.79 Å². The van der Waals surface area contributed by atoms with Crippen LogP contribution in [0.15, 0.2) is 17.0 Å². The number of ether oxygens (including phenoxy) is 2. The lowest BCUT2D eigenvalue weighted by atomic mass is 9.96. The van der Waals surface area contributed by atoms with Gasteiger partial charge in [0.15, 0.2) is 0 Å². The van der Waals surface area contributed by atoms with E-state index in [2.05, 4.69) is 16.8 Å². The van der Waals surface area contributed by atoms with E-state index in [1.165, 1.54) is 30.2 Å². The lowest BCUT2D eigenvalue weighted by Gasteiger charge is -2.32. The van der Waals surface area contributed by atoms with Crippen LogP contribution in [0.2, 0.25) is 0 Å². The minimum atomic E-state index is -3.68. The highest BCUT2D eigenvalue weighted by molar-refractivity contribution is 7.89. The van der Waals surface area contributed by atoms with Gasteiger partial charge in [0.05, 0.1) is 18.6 Å². The lowest BCUT2D eigenvalue weighted by Crippen LogP contribution is -2.43. The number of carbonyl (C=O) groups is 1. The number of hydrogen-bond donors (Lipinski definition) is 0. The van der Waals surface area contributed by atoms with E-state index in [-0.39, 0.29) is 31.7 Å². The van der Waals surface area contributed by atoms with Crippen LogP contribution < -0.4 is 4.74 Å². The van der Waals surface area contributed by atoms with E-state index in [1.807, 2.05) is 4.90 Å². The van der Waals surface area contributed by atoms with Crippen LogP contribution in [0.1, 0.15) is 30.4 Å². The quantitative estimate of drug-likeness (QED) is 0.422. The van der Waals surface area contributed by atoms with Crippen LogP contribution in [0, 0.1) is 25.7 Å². The van der Waals surface area contributed by atoms with Crippen LogP contribution in [0.5, 0.6) is 5.75 Å². The first-order valence-corrected chi connectivity index (χ1v) is 14.9. The first kappa shape index (κ1) is 28.3. The minimum absolute atomic E-state index is 0.00728. The van der Waals surface area contributed by atoms with Crippen LogP contribution in [0.25, 0.3) is 0 Å². The molecule has 0 aliphatic carbocycles. The van der Waals surface area contributed by atoms with E-state index in [0.717, 1.165) is 38.5 Å². The fourth-order valence-electron chi connectivity index (χ4n) is 6.26. The molecule has 208 valence electrons. The highest BCUT2D eigenvalue weighted by Gasteiger charge is 2.43. The summed E-state index contributed by atoms with van der Waals surface area (Å²) < 4.78 is 38.6. The van der Waals surface area contributed by atoms with Gasteiger partial charge in [-0.1, -0.05) is 0 Å². The molecule has 1 aromatic rings. The number of sulfonamides is 1. The van der Waals surface area contributed by atoms with Gasteiger partial charge in [-0.05, 0) is 88.3 Å². The molecule has 10 heteroatoms. The van der Waals surface area contributed by atoms with Crippen LogP contribution in [0.3, 0.4) is 0 Å². The lowest BCUT2D eigenvalue weighted by molar-refractivity contribution is -0.137. The number of likely N-dealkylation sites (tertiary alicyclic amines) is 3. The highest BCUT2D eigenvalue weighted by Crippen LogP contribution is 2.33. The molecule has 3 aliphatic rings. The number of aryl methyl sites for hydroxylation is 2. The molecule has 37 heavy (non-hydrogen) atoms. The second kappa shape index (κ2) is 12.0. The first-order valence-electron chi connectivity index (χ1n) is 13.5. The van der Waals surface area contributed by atoms with Crippen molar-refractivity contribution < 1.29 is 22.7 Å². The predicted octanol–water partition coefficient (Wildman–Crippen LogP) is 1.82. The molecule has 0 unspecified atom stereocenters. The van der Waals surface area contributed by atoms with E-state index in [1.54, 1.807) is 40.1 Å². The fraction of sp³-hybridized carbons (Fsp3) is 0.741. The average molecular weight is 537 g/mol. The first-order chi connectivity index (χ1) is 17.6. The Morgan fingerprint density at radius 1 is 1.08 bits per heavy atom. The SMILES string of the molecule is COc1cc(C)c(S(=O)(=O)N(C)CCOCC(=O)N2CC[C@H]3CN(CC4CCN(C)CC4)C[C@H]32)c(C)c1. The Kier molecular flexibility index (Phi) is 9.17. The summed E-state index contributed by atoms with van der Waals surface area (Å²) in [5.41, 5.74) is 1.29. The second-order valence-corrected chi connectivity index (χ2v) is 13.1. The van der Waals surface area contributed by atoms with Crippen LogP contribution >= 0.6 is 0 Å². The van der Waals surface area contributed by atoms with Gasteiger partial charge in [-0.15, -0.1) is 0 Å². The number of carbonyl (C=O) groups excluding carboxylic acids is 1. The maximum atomic E-state index is 13.2. The number of amides is 1. The number of benzene rings is 1. The molecule has 4 rings (SSSR count). The van der Waals surface area contributed by atoms with E-state index < -0.39 is 10.0 Å². The Morgan fingerprint density at radius 2 is 1.76 bits per heavy atom. The van der Waals surface area contributed by atoms with Crippen molar-refractivity contribution in [2.45, 2.75) is 44.0 Å². The zero-order valence-electron chi connectivity index (χ0n) is 23.1. The van der Waals surface area contributed by atoms with Crippen LogP contribution in [0.4, 0.5) is 0 Å². The largest absolute Gasteiger partial charge is 0.497 e. The highest BCUT2D eigenvalue weighted by atomic mass is 32.2. The Labute approximate surface area is 222 Å². The van der Waals surface area contributed by atoms with Gasteiger partial charge in [0.25, 0.3) is 0 Å². The number of fused-ring (bicyclic) bond motifs is 1. The summed E-state index contributed by atoms with van der Waals surface area (Å²) in [6, 6.07) is 3.74. The van der Waals surface area contributed by atoms with Crippen LogP contribution in [-0.4, -0.2) is 120 Å². The van der Waals surface area contributed by atoms with E-state index in [9.17, 15) is 13.2 Å². The predicted molar refractivity (Wildman–Crippen MR) is 143 cm³/mol. The van der Waals surface area contributed by atoms with Crippen molar-refractivity contribution in [3.63, 3.8) is 0 Å². The molecule has 0 bridgehead atoms. The maximum absolute atomic E-state index is 13.2. The maximum Gasteiger partial charge on any atom is 0.248 e. The summed E-state index contributed by atoms with van der Waals surface area (Å²) in [4.78, 5) is 20.2. The van der Waals surface area contributed by atoms with Crippen molar-refractivity contribution in [3.8, 4) is 5.75 Å². The third kappa shape index (κ3) is 6.47. The molecule has 0 saturated carbocycles. The Balaban J connectivity index is 1.23. The Morgan fingerprint density at radius 3 is 2.41 bits per heavy atom. The third-order valence-electron chi connectivity index (χ3n) is 8.41. The molecule has 3 fully saturated rings. The summed E-state index contributed by atoms with van der Waals surface area (Å²) >= 11 is 0. The molecule has 1 amide bonds. The zero-order chi connectivity index (χ0) is 26.7. The van der Waals surface area contributed by atoms with Crippen molar-refractivity contribution in [2.75, 3.05) is 80.2 Å². The number of methoxy groups -OCH3 is 1. The van der Waals surface area contributed by atoms with Gasteiger partial charge >= 0.3 is 0 Å². The molecule has 2 atom stereocenters. The Bertz CT molecular complexity index is 1030. The van der Waals surface area contributed by atoms with Gasteiger partial charge < -0.3 is 24.2 Å². The summed E-state index contributed by atoms with van der Waals surface area (Å²) in [6.07, 6.45) is 3.59. The molecule has 0 N–H and O–H groups in total. The average Bonchev–Trinajstić information content (AvgIpc) is 3.42. The molecule has 9 nitrogen and oxygen atoms in total. The molecule has 1 aromatic carbocycles. The van der Waals surface area contributed by atoms with Crippen molar-refractivity contribution >= 4 is 15.9 Å². The normalized spacial score (nSPS) is 23.7. The van der Waals surface area contributed by atoms with Gasteiger partial charge in [0.2, 0.25) is 15.9 Å². The smallest absolute Gasteiger partial charge is 0.248 e. The van der Waals surface area contributed by atoms with Gasteiger partial charge in [0.1, 0.15) is 12.4 Å². The number of hydrogen-bond acceptors (Lipinski definition) is 7. The van der Waals surface area contributed by atoms with Gasteiger partial charge in [0, 0.05) is 45.8 Å². The van der Waals surface area contributed by atoms with Gasteiger partial charge in [-0.25, -0.2) is 8.42 Å². The summed E-state index contributed by atoms with van der Waals surface area (Å²) in [5, 5.41) is 0. The number of likely N-dealkylation sites (N-methyl/N-ethyl adjacent to an activating group) is 1. The second-order valence-electron chi connectivity index (χ2n) is 11.1. The van der Waals surface area contributed by atoms with Crippen molar-refractivity contribution in [2.24, 2.45) is 11.8 Å². The van der Waals surface area contributed by atoms with E-state index >= 15 is 0 Å². The topological polar surface area (TPSA) is 82.6 Å². The van der Waals surface area contributed by atoms with E-state index in [0.29, 0.717) is 27.7 Å². The number of rotatable bonds is 10. The summed E-state index contributed by atoms with van der Waals surface area (Å²) in [7, 11) is 1.63. The molecule has 0 spiro atoms. The standard InChI is InChI=1S/C27H44N4O5S/c1-20-14-24(35-5)15-21(2)27(20)37(33,34)29(4)12-13-36-19-26(32)31-11-8-23-17-30(18-25(23)31)16-22-6-9-28(3)10-7-22/h14-15,22-23,25H,6-13,16-19H2,1-5H3/t23-,25+/m0/s1. The molecule has 3 heterocycles. The number of piperidine rings is 1. The van der Waals surface area contributed by atoms with Crippen molar-refractivity contribution in [3.05, 3.63) is 23.3 Å². The monoisotopic (exact) mass is 536 g/mol. The minimum Gasteiger partial charge on any atom is -0.497 e. The van der Waals surface area contributed by atoms with Crippen molar-refractivity contribution in [1.29, 1.82) is 0 Å². The summed E-state index contributed by atoms with van der Waals surface area (Å²) in [5.74, 6) is 1.97. The van der Waals surface area contributed by atoms with Crippen molar-refractivity contribution in [1.82, 2.24) is 19.0 Å². The molecule has 0 aromatic heterocycles. The van der Waals surface area contributed by atoms with E-state index in [4.69, 9.17) is 9.47 Å².